The molecule has 1 rings (SSSR count). The lowest BCUT2D eigenvalue weighted by molar-refractivity contribution is -0.385. The van der Waals surface area contributed by atoms with Gasteiger partial charge in [0.05, 0.1) is 10.5 Å². The Balaban J connectivity index is 3.12. The quantitative estimate of drug-likeness (QED) is 0.634. The molecule has 0 aliphatic rings. The van der Waals surface area contributed by atoms with Crippen molar-refractivity contribution in [1.29, 1.82) is 0 Å². The van der Waals surface area contributed by atoms with Crippen LogP contribution in [0.1, 0.15) is 26.3 Å². The molecule has 0 saturated carbocycles. The van der Waals surface area contributed by atoms with Crippen molar-refractivity contribution >= 4 is 11.4 Å². The van der Waals surface area contributed by atoms with Crippen LogP contribution in [0.4, 0.5) is 11.4 Å². The molecule has 0 radical (unpaired) electrons. The number of nitrogens with zero attached hydrogens (tertiary/aromatic N) is 2. The van der Waals surface area contributed by atoms with E-state index in [1.165, 1.54) is 0 Å². The SMILES string of the molecule is CCN(CC(C)(C)CN)c1cccc([N+](=O)[O-])c1C. The lowest BCUT2D eigenvalue weighted by Gasteiger charge is -2.33. The maximum absolute atomic E-state index is 11.0. The number of nitro benzene ring substituents is 1. The minimum atomic E-state index is -0.333. The number of hydrogen-bond donors (Lipinski definition) is 1. The summed E-state index contributed by atoms with van der Waals surface area (Å²) in [4.78, 5) is 12.8. The van der Waals surface area contributed by atoms with E-state index in [4.69, 9.17) is 5.73 Å². The first-order valence-corrected chi connectivity index (χ1v) is 6.51. The van der Waals surface area contributed by atoms with Crippen molar-refractivity contribution in [3.05, 3.63) is 33.9 Å². The van der Waals surface area contributed by atoms with Crippen LogP contribution in [0, 0.1) is 22.5 Å². The summed E-state index contributed by atoms with van der Waals surface area (Å²) < 4.78 is 0. The topological polar surface area (TPSA) is 72.4 Å². The molecule has 0 unspecified atom stereocenters. The highest BCUT2D eigenvalue weighted by Gasteiger charge is 2.23. The Hall–Kier alpha value is -1.62. The molecular formula is C14H23N3O2. The number of nitrogens with two attached hydrogens (primary N) is 1. The maximum Gasteiger partial charge on any atom is 0.274 e. The van der Waals surface area contributed by atoms with Gasteiger partial charge in [0.1, 0.15) is 0 Å². The number of anilines is 1. The molecule has 5 nitrogen and oxygen atoms in total. The molecule has 1 aromatic carbocycles. The molecular weight excluding hydrogens is 242 g/mol. The fraction of sp³-hybridized carbons (Fsp3) is 0.571. The van der Waals surface area contributed by atoms with E-state index in [1.807, 2.05) is 13.0 Å². The Kier molecular flexibility index (Phi) is 4.89. The molecule has 0 saturated heterocycles. The van der Waals surface area contributed by atoms with E-state index in [2.05, 4.69) is 18.7 Å². The van der Waals surface area contributed by atoms with Gasteiger partial charge in [0, 0.05) is 24.8 Å². The normalized spacial score (nSPS) is 11.4. The summed E-state index contributed by atoms with van der Waals surface area (Å²) in [5.74, 6) is 0. The lowest BCUT2D eigenvalue weighted by atomic mass is 9.92. The van der Waals surface area contributed by atoms with E-state index < -0.39 is 0 Å². The first-order chi connectivity index (χ1) is 8.82. The number of rotatable bonds is 6. The molecule has 0 bridgehead atoms. The molecule has 0 aromatic heterocycles. The molecule has 0 heterocycles. The van der Waals surface area contributed by atoms with Crippen LogP contribution < -0.4 is 10.6 Å². The highest BCUT2D eigenvalue weighted by molar-refractivity contribution is 5.61. The van der Waals surface area contributed by atoms with Crippen molar-refractivity contribution in [1.82, 2.24) is 0 Å². The third kappa shape index (κ3) is 3.67. The average Bonchev–Trinajstić information content (AvgIpc) is 2.36. The zero-order chi connectivity index (χ0) is 14.6. The Morgan fingerprint density at radius 3 is 2.53 bits per heavy atom. The van der Waals surface area contributed by atoms with Gasteiger partial charge in [-0.1, -0.05) is 19.9 Å². The first kappa shape index (κ1) is 15.4. The van der Waals surface area contributed by atoms with Gasteiger partial charge in [-0.2, -0.15) is 0 Å². The summed E-state index contributed by atoms with van der Waals surface area (Å²) in [5, 5.41) is 11.0. The van der Waals surface area contributed by atoms with Gasteiger partial charge in [0.25, 0.3) is 5.69 Å². The molecule has 5 heteroatoms. The van der Waals surface area contributed by atoms with Crippen LogP contribution in [-0.4, -0.2) is 24.6 Å². The van der Waals surface area contributed by atoms with Crippen LogP contribution in [-0.2, 0) is 0 Å². The van der Waals surface area contributed by atoms with Gasteiger partial charge in [-0.3, -0.25) is 10.1 Å². The predicted octanol–water partition coefficient (Wildman–Crippen LogP) is 2.71. The van der Waals surface area contributed by atoms with Crippen LogP contribution in [0.25, 0.3) is 0 Å². The van der Waals surface area contributed by atoms with Crippen molar-refractivity contribution < 1.29 is 4.92 Å². The van der Waals surface area contributed by atoms with Crippen molar-refractivity contribution in [3.8, 4) is 0 Å². The summed E-state index contributed by atoms with van der Waals surface area (Å²) >= 11 is 0. The van der Waals surface area contributed by atoms with Gasteiger partial charge >= 0.3 is 0 Å². The van der Waals surface area contributed by atoms with E-state index in [-0.39, 0.29) is 16.0 Å². The predicted molar refractivity (Wildman–Crippen MR) is 78.6 cm³/mol. The van der Waals surface area contributed by atoms with Crippen molar-refractivity contribution in [2.24, 2.45) is 11.1 Å². The lowest BCUT2D eigenvalue weighted by Crippen LogP contribution is -2.39. The van der Waals surface area contributed by atoms with E-state index in [1.54, 1.807) is 19.1 Å². The van der Waals surface area contributed by atoms with Gasteiger partial charge in [-0.05, 0) is 31.9 Å². The summed E-state index contributed by atoms with van der Waals surface area (Å²) in [6.07, 6.45) is 0. The molecule has 19 heavy (non-hydrogen) atoms. The van der Waals surface area contributed by atoms with Crippen molar-refractivity contribution in [2.45, 2.75) is 27.7 Å². The van der Waals surface area contributed by atoms with Crippen LogP contribution >= 0.6 is 0 Å². The first-order valence-electron chi connectivity index (χ1n) is 6.51. The highest BCUT2D eigenvalue weighted by atomic mass is 16.6. The molecule has 0 aliphatic carbocycles. The second kappa shape index (κ2) is 6.02. The van der Waals surface area contributed by atoms with Gasteiger partial charge in [0.2, 0.25) is 0 Å². The zero-order valence-electron chi connectivity index (χ0n) is 12.1. The molecule has 106 valence electrons. The van der Waals surface area contributed by atoms with E-state index in [0.29, 0.717) is 12.1 Å². The summed E-state index contributed by atoms with van der Waals surface area (Å²) in [6, 6.07) is 5.21. The van der Waals surface area contributed by atoms with Crippen LogP contribution in [0.2, 0.25) is 0 Å². The molecule has 2 N–H and O–H groups in total. The van der Waals surface area contributed by atoms with Gasteiger partial charge in [-0.15, -0.1) is 0 Å². The third-order valence-corrected chi connectivity index (χ3v) is 3.37. The van der Waals surface area contributed by atoms with Crippen LogP contribution in [0.5, 0.6) is 0 Å². The monoisotopic (exact) mass is 265 g/mol. The molecule has 0 spiro atoms. The Bertz CT molecular complexity index is 458. The third-order valence-electron chi connectivity index (χ3n) is 3.37. The van der Waals surface area contributed by atoms with E-state index in [9.17, 15) is 10.1 Å². The van der Waals surface area contributed by atoms with Gasteiger partial charge in [-0.25, -0.2) is 0 Å². The minimum Gasteiger partial charge on any atom is -0.371 e. The molecule has 0 aliphatic heterocycles. The second-order valence-electron chi connectivity index (χ2n) is 5.56. The van der Waals surface area contributed by atoms with Crippen LogP contribution in [0.15, 0.2) is 18.2 Å². The van der Waals surface area contributed by atoms with E-state index >= 15 is 0 Å². The summed E-state index contributed by atoms with van der Waals surface area (Å²) in [6.45, 7) is 10.2. The molecule has 0 atom stereocenters. The molecule has 0 amide bonds. The van der Waals surface area contributed by atoms with Crippen LogP contribution in [0.3, 0.4) is 0 Å². The van der Waals surface area contributed by atoms with Gasteiger partial charge < -0.3 is 10.6 Å². The number of hydrogen-bond acceptors (Lipinski definition) is 4. The fourth-order valence-electron chi connectivity index (χ4n) is 2.10. The number of nitro groups is 1. The standard InChI is InChI=1S/C14H23N3O2/c1-5-16(10-14(3,4)9-15)12-7-6-8-13(11(12)2)17(18)19/h6-8H,5,9-10,15H2,1-4H3. The van der Waals surface area contributed by atoms with E-state index in [0.717, 1.165) is 18.8 Å². The maximum atomic E-state index is 11.0. The van der Waals surface area contributed by atoms with Gasteiger partial charge in [0.15, 0.2) is 0 Å². The smallest absolute Gasteiger partial charge is 0.274 e. The molecule has 1 aromatic rings. The van der Waals surface area contributed by atoms with Crippen molar-refractivity contribution in [3.63, 3.8) is 0 Å². The largest absolute Gasteiger partial charge is 0.371 e. The molecule has 0 fully saturated rings. The summed E-state index contributed by atoms with van der Waals surface area (Å²) in [7, 11) is 0. The highest BCUT2D eigenvalue weighted by Crippen LogP contribution is 2.30. The Labute approximate surface area is 114 Å². The minimum absolute atomic E-state index is 0.0208. The zero-order valence-corrected chi connectivity index (χ0v) is 12.1. The second-order valence-corrected chi connectivity index (χ2v) is 5.56. The average molecular weight is 265 g/mol. The summed E-state index contributed by atoms with van der Waals surface area (Å²) in [5.41, 5.74) is 7.54. The fourth-order valence-corrected chi connectivity index (χ4v) is 2.10. The Morgan fingerprint density at radius 2 is 2.05 bits per heavy atom. The van der Waals surface area contributed by atoms with Crippen molar-refractivity contribution in [2.75, 3.05) is 24.5 Å². The number of benzene rings is 1. The Morgan fingerprint density at radius 1 is 1.42 bits per heavy atom.